The van der Waals surface area contributed by atoms with Crippen LogP contribution in [-0.4, -0.2) is 24.7 Å². The molecule has 0 saturated carbocycles. The van der Waals surface area contributed by atoms with Crippen molar-refractivity contribution in [1.29, 1.82) is 0 Å². The van der Waals surface area contributed by atoms with Crippen LogP contribution in [0.1, 0.15) is 12.8 Å². The number of benzene rings is 1. The number of nitrogens with one attached hydrogen (secondary N) is 1. The summed E-state index contributed by atoms with van der Waals surface area (Å²) in [7, 11) is 0. The number of hydrogen-bond acceptors (Lipinski definition) is 3. The molecule has 0 spiro atoms. The first-order chi connectivity index (χ1) is 9.81. The van der Waals surface area contributed by atoms with Gasteiger partial charge in [-0.1, -0.05) is 27.6 Å². The van der Waals surface area contributed by atoms with Crippen LogP contribution < -0.4 is 5.32 Å². The summed E-state index contributed by atoms with van der Waals surface area (Å²) in [6.45, 7) is 2.54. The zero-order valence-electron chi connectivity index (χ0n) is 11.2. The highest BCUT2D eigenvalue weighted by Crippen LogP contribution is 2.20. The number of aromatic nitrogens is 1. The first-order valence-electron chi connectivity index (χ1n) is 6.87. The number of ether oxygens (including phenoxy) is 1. The summed E-state index contributed by atoms with van der Waals surface area (Å²) < 4.78 is 6.39. The first-order valence-corrected chi connectivity index (χ1v) is 7.66. The van der Waals surface area contributed by atoms with Crippen LogP contribution in [0.3, 0.4) is 0 Å². The number of nitrogens with zero attached hydrogens (tertiary/aromatic N) is 1. The summed E-state index contributed by atoms with van der Waals surface area (Å²) in [5.41, 5.74) is 2.50. The van der Waals surface area contributed by atoms with Crippen LogP contribution >= 0.6 is 15.9 Å². The normalized spacial score (nSPS) is 15.2. The van der Waals surface area contributed by atoms with E-state index in [-0.39, 0.29) is 0 Å². The van der Waals surface area contributed by atoms with E-state index in [0.717, 1.165) is 53.8 Å². The van der Waals surface area contributed by atoms with E-state index < -0.39 is 0 Å². The van der Waals surface area contributed by atoms with Gasteiger partial charge in [-0.2, -0.15) is 0 Å². The Bertz CT molecular complexity index is 639. The average Bonchev–Trinajstić information content (AvgIpc) is 2.48. The van der Waals surface area contributed by atoms with Gasteiger partial charge in [0.05, 0.1) is 18.7 Å². The largest absolute Gasteiger partial charge is 0.377 e. The van der Waals surface area contributed by atoms with Crippen molar-refractivity contribution in [2.75, 3.05) is 25.1 Å². The molecule has 104 valence electrons. The Kier molecular flexibility index (Phi) is 4.33. The summed E-state index contributed by atoms with van der Waals surface area (Å²) in [6, 6.07) is 10.3. The number of fused-ring (bicyclic) bond motifs is 1. The third-order valence-electron chi connectivity index (χ3n) is 3.46. The van der Waals surface area contributed by atoms with Crippen LogP contribution in [0.2, 0.25) is 0 Å². The lowest BCUT2D eigenvalue weighted by molar-refractivity contribution is 0.153. The molecule has 0 atom stereocenters. The van der Waals surface area contributed by atoms with Crippen LogP contribution in [-0.2, 0) is 4.74 Å². The zero-order valence-corrected chi connectivity index (χ0v) is 12.8. The molecule has 3 nitrogen and oxygen atoms in total. The van der Waals surface area contributed by atoms with E-state index in [9.17, 15) is 0 Å². The van der Waals surface area contributed by atoms with Gasteiger partial charge in [0.2, 0.25) is 0 Å². The summed E-state index contributed by atoms with van der Waals surface area (Å²) in [4.78, 5) is 4.62. The topological polar surface area (TPSA) is 34.2 Å². The molecule has 0 aliphatic carbocycles. The molecule has 3 rings (SSSR count). The van der Waals surface area contributed by atoms with E-state index in [0.29, 0.717) is 0 Å². The summed E-state index contributed by atoms with van der Waals surface area (Å²) in [5, 5.41) is 4.54. The van der Waals surface area contributed by atoms with E-state index in [4.69, 9.17) is 4.74 Å². The second kappa shape index (κ2) is 6.37. The highest BCUT2D eigenvalue weighted by Gasteiger charge is 2.04. The van der Waals surface area contributed by atoms with Gasteiger partial charge in [-0.25, -0.2) is 4.98 Å². The number of hydrogen-bond donors (Lipinski definition) is 1. The van der Waals surface area contributed by atoms with Crippen LogP contribution in [0.5, 0.6) is 0 Å². The monoisotopic (exact) mass is 332 g/mol. The molecule has 2 aromatic rings. The maximum absolute atomic E-state index is 5.31. The number of rotatable bonds is 4. The average molecular weight is 333 g/mol. The van der Waals surface area contributed by atoms with Crippen molar-refractivity contribution in [2.24, 2.45) is 0 Å². The predicted octanol–water partition coefficient (Wildman–Crippen LogP) is 4.15. The quantitative estimate of drug-likeness (QED) is 0.854. The molecular weight excluding hydrogens is 316 g/mol. The SMILES string of the molecule is Brc1ccc2nc(NCCC3=CCOCC3)ccc2c1. The Morgan fingerprint density at radius 1 is 1.25 bits per heavy atom. The molecule has 0 bridgehead atoms. The fourth-order valence-corrected chi connectivity index (χ4v) is 2.72. The van der Waals surface area contributed by atoms with Crippen LogP contribution in [0.4, 0.5) is 5.82 Å². The van der Waals surface area contributed by atoms with Crippen molar-refractivity contribution < 1.29 is 4.74 Å². The van der Waals surface area contributed by atoms with Gasteiger partial charge in [-0.15, -0.1) is 0 Å². The number of anilines is 1. The van der Waals surface area contributed by atoms with E-state index >= 15 is 0 Å². The fourth-order valence-electron chi connectivity index (χ4n) is 2.34. The minimum atomic E-state index is 0.762. The molecule has 1 aromatic heterocycles. The molecule has 1 N–H and O–H groups in total. The molecule has 1 aliphatic heterocycles. The van der Waals surface area contributed by atoms with Crippen molar-refractivity contribution in [2.45, 2.75) is 12.8 Å². The smallest absolute Gasteiger partial charge is 0.126 e. The summed E-state index contributed by atoms with van der Waals surface area (Å²) >= 11 is 3.48. The highest BCUT2D eigenvalue weighted by atomic mass is 79.9. The van der Waals surface area contributed by atoms with Crippen molar-refractivity contribution in [1.82, 2.24) is 4.98 Å². The molecule has 4 heteroatoms. The lowest BCUT2D eigenvalue weighted by Gasteiger charge is -2.14. The molecule has 0 unspecified atom stereocenters. The van der Waals surface area contributed by atoms with Gasteiger partial charge >= 0.3 is 0 Å². The standard InChI is InChI=1S/C16H17BrN2O/c17-14-2-3-15-13(11-14)1-4-16(19-15)18-8-5-12-6-9-20-10-7-12/h1-4,6,11H,5,7-10H2,(H,18,19). The third-order valence-corrected chi connectivity index (χ3v) is 3.95. The van der Waals surface area contributed by atoms with Crippen LogP contribution in [0, 0.1) is 0 Å². The van der Waals surface area contributed by atoms with Gasteiger partial charge in [0.1, 0.15) is 5.82 Å². The Hall–Kier alpha value is -1.39. The van der Waals surface area contributed by atoms with Crippen LogP contribution in [0.15, 0.2) is 46.5 Å². The summed E-state index contributed by atoms with van der Waals surface area (Å²) in [6.07, 6.45) is 4.31. The molecule has 0 radical (unpaired) electrons. The maximum Gasteiger partial charge on any atom is 0.126 e. The van der Waals surface area contributed by atoms with Gasteiger partial charge in [0.15, 0.2) is 0 Å². The molecule has 0 saturated heterocycles. The molecule has 2 heterocycles. The van der Waals surface area contributed by atoms with Gasteiger partial charge in [0.25, 0.3) is 0 Å². The second-order valence-corrected chi connectivity index (χ2v) is 5.81. The molecule has 1 aliphatic rings. The molecule has 0 fully saturated rings. The van der Waals surface area contributed by atoms with Crippen LogP contribution in [0.25, 0.3) is 10.9 Å². The van der Waals surface area contributed by atoms with E-state index in [1.807, 2.05) is 18.2 Å². The van der Waals surface area contributed by atoms with Crippen molar-refractivity contribution >= 4 is 32.7 Å². The Morgan fingerprint density at radius 2 is 2.20 bits per heavy atom. The fraction of sp³-hybridized carbons (Fsp3) is 0.312. The highest BCUT2D eigenvalue weighted by molar-refractivity contribution is 9.10. The second-order valence-electron chi connectivity index (χ2n) is 4.90. The predicted molar refractivity (Wildman–Crippen MR) is 86.1 cm³/mol. The molecule has 20 heavy (non-hydrogen) atoms. The van der Waals surface area contributed by atoms with Gasteiger partial charge in [0, 0.05) is 16.4 Å². The minimum absolute atomic E-state index is 0.762. The van der Waals surface area contributed by atoms with Crippen molar-refractivity contribution in [3.05, 3.63) is 46.5 Å². The Labute approximate surface area is 127 Å². The number of pyridine rings is 1. The van der Waals surface area contributed by atoms with Gasteiger partial charge < -0.3 is 10.1 Å². The van der Waals surface area contributed by atoms with Gasteiger partial charge in [-0.05, 0) is 43.2 Å². The lowest BCUT2D eigenvalue weighted by atomic mass is 10.1. The van der Waals surface area contributed by atoms with Gasteiger partial charge in [-0.3, -0.25) is 0 Å². The van der Waals surface area contributed by atoms with E-state index in [1.165, 1.54) is 5.57 Å². The lowest BCUT2D eigenvalue weighted by Crippen LogP contribution is -2.09. The summed E-state index contributed by atoms with van der Waals surface area (Å²) in [5.74, 6) is 0.937. The number of halogens is 1. The third kappa shape index (κ3) is 3.38. The maximum atomic E-state index is 5.31. The Balaban J connectivity index is 1.62. The van der Waals surface area contributed by atoms with Crippen molar-refractivity contribution in [3.8, 4) is 0 Å². The minimum Gasteiger partial charge on any atom is -0.377 e. The Morgan fingerprint density at radius 3 is 3.05 bits per heavy atom. The van der Waals surface area contributed by atoms with E-state index in [2.05, 4.69) is 44.4 Å². The zero-order chi connectivity index (χ0) is 13.8. The first kappa shape index (κ1) is 13.6. The van der Waals surface area contributed by atoms with E-state index in [1.54, 1.807) is 0 Å². The molecule has 0 amide bonds. The molecule has 1 aromatic carbocycles. The van der Waals surface area contributed by atoms with Crippen molar-refractivity contribution in [3.63, 3.8) is 0 Å². The molecular formula is C16H17BrN2O.